The lowest BCUT2D eigenvalue weighted by Gasteiger charge is -2.35. The molecule has 0 saturated carbocycles. The Kier molecular flexibility index (Phi) is 6.37. The van der Waals surface area contributed by atoms with Gasteiger partial charge in [-0.25, -0.2) is 18.4 Å². The topological polar surface area (TPSA) is 110 Å². The summed E-state index contributed by atoms with van der Waals surface area (Å²) in [7, 11) is -3.95. The van der Waals surface area contributed by atoms with Crippen LogP contribution in [-0.2, 0) is 10.0 Å². The zero-order valence-corrected chi connectivity index (χ0v) is 18.5. The molecule has 1 aliphatic heterocycles. The Bertz CT molecular complexity index is 1000. The maximum absolute atomic E-state index is 13.0. The number of anilines is 1. The van der Waals surface area contributed by atoms with Gasteiger partial charge in [-0.15, -0.1) is 0 Å². The van der Waals surface area contributed by atoms with Crippen molar-refractivity contribution in [2.24, 2.45) is 0 Å². The lowest BCUT2D eigenvalue weighted by Crippen LogP contribution is -2.49. The second kappa shape index (κ2) is 8.65. The smallest absolute Gasteiger partial charge is 0.289 e. The van der Waals surface area contributed by atoms with E-state index in [1.54, 1.807) is 0 Å². The van der Waals surface area contributed by atoms with Crippen molar-refractivity contribution in [1.82, 2.24) is 14.3 Å². The first kappa shape index (κ1) is 22.1. The molecule has 0 unspecified atom stereocenters. The number of para-hydroxylation sites is 1. The first-order valence-corrected chi connectivity index (χ1v) is 11.4. The molecule has 1 saturated heterocycles. The van der Waals surface area contributed by atoms with Gasteiger partial charge in [0.1, 0.15) is 11.6 Å². The summed E-state index contributed by atoms with van der Waals surface area (Å²) in [5.74, 6) is 2.00. The number of sulfonamides is 1. The number of rotatable bonds is 6. The fourth-order valence-electron chi connectivity index (χ4n) is 3.31. The molecule has 1 fully saturated rings. The van der Waals surface area contributed by atoms with Crippen LogP contribution in [0.5, 0.6) is 0 Å². The van der Waals surface area contributed by atoms with Crippen LogP contribution in [0.2, 0.25) is 0 Å². The van der Waals surface area contributed by atoms with Gasteiger partial charge in [0, 0.05) is 49.9 Å². The lowest BCUT2D eigenvalue weighted by atomic mass is 10.1. The lowest BCUT2D eigenvalue weighted by molar-refractivity contribution is -0.387. The van der Waals surface area contributed by atoms with Crippen molar-refractivity contribution in [3.8, 4) is 0 Å². The van der Waals surface area contributed by atoms with Gasteiger partial charge in [-0.2, -0.15) is 4.31 Å². The molecule has 2 heterocycles. The third-order valence-corrected chi connectivity index (χ3v) is 7.05. The van der Waals surface area contributed by atoms with Crippen molar-refractivity contribution >= 4 is 21.5 Å². The number of piperazine rings is 1. The maximum Gasteiger partial charge on any atom is 0.289 e. The number of nitro benzene ring substituents is 1. The number of hydrogen-bond acceptors (Lipinski definition) is 7. The summed E-state index contributed by atoms with van der Waals surface area (Å²) < 4.78 is 27.3. The monoisotopic (exact) mass is 433 g/mol. The van der Waals surface area contributed by atoms with Crippen LogP contribution in [0.25, 0.3) is 0 Å². The second-order valence-corrected chi connectivity index (χ2v) is 9.84. The van der Waals surface area contributed by atoms with Gasteiger partial charge in [-0.1, -0.05) is 39.8 Å². The van der Waals surface area contributed by atoms with Crippen LogP contribution in [0.15, 0.2) is 35.2 Å². The highest BCUT2D eigenvalue weighted by atomic mass is 32.2. The van der Waals surface area contributed by atoms with Crippen LogP contribution >= 0.6 is 0 Å². The van der Waals surface area contributed by atoms with Gasteiger partial charge >= 0.3 is 0 Å². The summed E-state index contributed by atoms with van der Waals surface area (Å²) in [4.78, 5) is 21.7. The predicted octanol–water partition coefficient (Wildman–Crippen LogP) is 3.14. The molecular formula is C20H27N5O4S. The molecule has 0 amide bonds. The quantitative estimate of drug-likeness (QED) is 0.508. The third kappa shape index (κ3) is 4.44. The molecule has 0 bridgehead atoms. The van der Waals surface area contributed by atoms with Crippen molar-refractivity contribution in [2.45, 2.75) is 44.4 Å². The molecule has 0 aliphatic carbocycles. The predicted molar refractivity (Wildman–Crippen MR) is 114 cm³/mol. The Hall–Kier alpha value is -2.59. The second-order valence-electron chi connectivity index (χ2n) is 7.93. The van der Waals surface area contributed by atoms with Gasteiger partial charge in [0.2, 0.25) is 10.0 Å². The molecule has 1 aromatic carbocycles. The molecule has 0 atom stereocenters. The molecule has 2 aromatic rings. The van der Waals surface area contributed by atoms with E-state index in [0.29, 0.717) is 13.1 Å². The molecular weight excluding hydrogens is 406 g/mol. The molecule has 10 heteroatoms. The third-order valence-electron chi connectivity index (χ3n) is 5.10. The first-order valence-electron chi connectivity index (χ1n) is 9.98. The van der Waals surface area contributed by atoms with Gasteiger partial charge in [0.05, 0.1) is 4.92 Å². The van der Waals surface area contributed by atoms with Gasteiger partial charge in [0.25, 0.3) is 5.69 Å². The van der Waals surface area contributed by atoms with E-state index < -0.39 is 20.6 Å². The Labute approximate surface area is 177 Å². The van der Waals surface area contributed by atoms with Crippen molar-refractivity contribution in [2.75, 3.05) is 31.1 Å². The Morgan fingerprint density at radius 2 is 1.63 bits per heavy atom. The van der Waals surface area contributed by atoms with E-state index in [2.05, 4.69) is 23.8 Å². The van der Waals surface area contributed by atoms with E-state index in [1.165, 1.54) is 28.6 Å². The number of nitrogens with zero attached hydrogens (tertiary/aromatic N) is 5. The number of hydrogen-bond donors (Lipinski definition) is 0. The fourth-order valence-corrected chi connectivity index (χ4v) is 4.89. The van der Waals surface area contributed by atoms with E-state index >= 15 is 0 Å². The van der Waals surface area contributed by atoms with Crippen LogP contribution in [0, 0.1) is 10.1 Å². The van der Waals surface area contributed by atoms with Crippen LogP contribution in [0.3, 0.4) is 0 Å². The summed E-state index contributed by atoms with van der Waals surface area (Å²) in [6.45, 7) is 9.60. The minimum atomic E-state index is -3.95. The first-order chi connectivity index (χ1) is 14.1. The summed E-state index contributed by atoms with van der Waals surface area (Å²) in [5.41, 5.74) is 0.553. The molecule has 0 spiro atoms. The normalized spacial score (nSPS) is 15.7. The Balaban J connectivity index is 1.82. The van der Waals surface area contributed by atoms with Crippen LogP contribution in [0.1, 0.15) is 51.0 Å². The minimum absolute atomic E-state index is 0.183. The van der Waals surface area contributed by atoms with Crippen molar-refractivity contribution < 1.29 is 13.3 Å². The Morgan fingerprint density at radius 3 is 2.20 bits per heavy atom. The van der Waals surface area contributed by atoms with Crippen molar-refractivity contribution in [3.05, 3.63) is 52.0 Å². The fraction of sp³-hybridized carbons (Fsp3) is 0.500. The van der Waals surface area contributed by atoms with Gasteiger partial charge in [-0.05, 0) is 12.0 Å². The molecule has 162 valence electrons. The zero-order chi connectivity index (χ0) is 22.1. The summed E-state index contributed by atoms with van der Waals surface area (Å²) >= 11 is 0. The zero-order valence-electron chi connectivity index (χ0n) is 17.6. The molecule has 1 aromatic heterocycles. The van der Waals surface area contributed by atoms with Gasteiger partial charge < -0.3 is 4.90 Å². The molecule has 1 aliphatic rings. The van der Waals surface area contributed by atoms with Crippen LogP contribution in [0.4, 0.5) is 11.5 Å². The largest absolute Gasteiger partial charge is 0.354 e. The van der Waals surface area contributed by atoms with Gasteiger partial charge in [0.15, 0.2) is 4.90 Å². The summed E-state index contributed by atoms with van der Waals surface area (Å²) in [5, 5.41) is 11.3. The molecule has 0 N–H and O–H groups in total. The van der Waals surface area contributed by atoms with E-state index in [0.717, 1.165) is 17.3 Å². The highest BCUT2D eigenvalue weighted by Gasteiger charge is 2.34. The Morgan fingerprint density at radius 1 is 1.00 bits per heavy atom. The summed E-state index contributed by atoms with van der Waals surface area (Å²) in [6, 6.07) is 7.42. The van der Waals surface area contributed by atoms with E-state index in [9.17, 15) is 18.5 Å². The van der Waals surface area contributed by atoms with E-state index in [-0.39, 0.29) is 29.8 Å². The van der Waals surface area contributed by atoms with Crippen molar-refractivity contribution in [3.63, 3.8) is 0 Å². The average Bonchev–Trinajstić information content (AvgIpc) is 2.73. The number of benzene rings is 1. The van der Waals surface area contributed by atoms with Crippen LogP contribution in [-0.4, -0.2) is 53.8 Å². The minimum Gasteiger partial charge on any atom is -0.354 e. The number of aromatic nitrogens is 2. The molecule has 30 heavy (non-hydrogen) atoms. The average molecular weight is 434 g/mol. The van der Waals surface area contributed by atoms with Crippen molar-refractivity contribution in [1.29, 1.82) is 0 Å². The summed E-state index contributed by atoms with van der Waals surface area (Å²) in [6.07, 6.45) is 0. The molecule has 0 radical (unpaired) electrons. The van der Waals surface area contributed by atoms with E-state index in [4.69, 9.17) is 0 Å². The number of nitro groups is 1. The standard InChI is InChI=1S/C20H27N5O4S/c1-14(2)16-13-19(22-20(21-16)15(3)4)23-9-11-24(12-10-23)30(28,29)18-8-6-5-7-17(18)25(26)27/h5-8,13-15H,9-12H2,1-4H3. The highest BCUT2D eigenvalue weighted by Crippen LogP contribution is 2.28. The van der Waals surface area contributed by atoms with Gasteiger partial charge in [-0.3, -0.25) is 10.1 Å². The molecule has 3 rings (SSSR count). The molecule has 9 nitrogen and oxygen atoms in total. The SMILES string of the molecule is CC(C)c1cc(N2CCN(S(=O)(=O)c3ccccc3[N+](=O)[O-])CC2)nc(C(C)C)n1. The maximum atomic E-state index is 13.0. The van der Waals surface area contributed by atoms with Crippen LogP contribution < -0.4 is 4.90 Å². The highest BCUT2D eigenvalue weighted by molar-refractivity contribution is 7.89. The van der Waals surface area contributed by atoms with E-state index in [1.807, 2.05) is 24.8 Å².